The van der Waals surface area contributed by atoms with Crippen LogP contribution in [-0.4, -0.2) is 234 Å². The van der Waals surface area contributed by atoms with Gasteiger partial charge in [-0.2, -0.15) is 0 Å². The fraction of sp³-hybridized carbons (Fsp3) is 0.644. The number of hydrogen-bond acceptors (Lipinski definition) is 22. The number of benzene rings is 2. The summed E-state index contributed by atoms with van der Waals surface area (Å²) in [6, 6.07) is 12.9. The van der Waals surface area contributed by atoms with E-state index in [0.717, 1.165) is 18.1 Å². The van der Waals surface area contributed by atoms with E-state index in [2.05, 4.69) is 21.3 Å². The van der Waals surface area contributed by atoms with E-state index >= 15 is 0 Å². The summed E-state index contributed by atoms with van der Waals surface area (Å²) in [5, 5.41) is 105. The molecule has 0 aromatic heterocycles. The Morgan fingerprint density at radius 1 is 0.634 bits per heavy atom. The highest BCUT2D eigenvalue weighted by molar-refractivity contribution is 5.95. The van der Waals surface area contributed by atoms with Gasteiger partial charge in [0, 0.05) is 45.1 Å². The highest BCUT2D eigenvalue weighted by Gasteiger charge is 2.54. The Hall–Kier alpha value is -4.56. The number of carbonyl (C=O) groups is 4. The van der Waals surface area contributed by atoms with Gasteiger partial charge in [-0.15, -0.1) is 0 Å². The van der Waals surface area contributed by atoms with E-state index in [-0.39, 0.29) is 70.1 Å². The molecule has 0 saturated carbocycles. The minimum Gasteiger partial charge on any atom is -0.484 e. The predicted octanol–water partition coefficient (Wildman–Crippen LogP) is -5.94. The van der Waals surface area contributed by atoms with Gasteiger partial charge in [-0.05, 0) is 41.8 Å². The van der Waals surface area contributed by atoms with E-state index in [1.54, 1.807) is 30.3 Å². The Kier molecular flexibility index (Phi) is 23.1. The van der Waals surface area contributed by atoms with Gasteiger partial charge in [0.25, 0.3) is 11.8 Å². The molecular weight excluding hydrogens is 947 g/mol. The van der Waals surface area contributed by atoms with E-state index < -0.39 is 118 Å². The van der Waals surface area contributed by atoms with E-state index in [0.29, 0.717) is 24.4 Å². The molecule has 26 nitrogen and oxygen atoms in total. The third-order valence-corrected chi connectivity index (χ3v) is 11.6. The number of carbonyl (C=O) groups excluding carboxylic acids is 4. The number of hydrogen-bond donors (Lipinski definition) is 14. The second-order valence-electron chi connectivity index (χ2n) is 16.8. The molecule has 4 amide bonds. The Morgan fingerprint density at radius 2 is 1.28 bits per heavy atom. The summed E-state index contributed by atoms with van der Waals surface area (Å²) in [4.78, 5) is 49.2. The van der Waals surface area contributed by atoms with Crippen LogP contribution >= 0.6 is 0 Å². The van der Waals surface area contributed by atoms with Crippen molar-refractivity contribution in [1.29, 1.82) is 0 Å². The molecule has 398 valence electrons. The molecule has 2 aromatic carbocycles. The van der Waals surface area contributed by atoms with E-state index in [1.165, 1.54) is 0 Å². The Labute approximate surface area is 408 Å². The standard InChI is InChI=1S/C45H67N5O21/c1-23(54)50-33-36(59)40(70-45-39(62)41(35(58)29(20-52)68-45)71-44-38(61)37(60)34(57)28(19-51)67-44)30(21-53)69-43(33)65-15-3-12-47-31(55)10-16-64-17-14-48-32(56)22-66-27-8-6-24(7-9-27)25-4-2-5-26(18-25)42(63)49-13-11-46/h2,4-9,18,28-30,33-41,43-45,51-53,57-62H,3,10-17,19-22,46H2,1H3,(H,47,55)(H,48,56)(H,49,63)(H,50,54)/t28-,29-,30-,33-,34+,35+,36-,37+,38-,39-,40-,41+,43-,44-,45+/m1/s1. The van der Waals surface area contributed by atoms with Crippen LogP contribution in [0.4, 0.5) is 0 Å². The number of amides is 4. The zero-order chi connectivity index (χ0) is 51.6. The third-order valence-electron chi connectivity index (χ3n) is 11.6. The fourth-order valence-electron chi connectivity index (χ4n) is 7.77. The van der Waals surface area contributed by atoms with Gasteiger partial charge in [0.1, 0.15) is 78.9 Å². The molecule has 71 heavy (non-hydrogen) atoms. The highest BCUT2D eigenvalue weighted by Crippen LogP contribution is 2.33. The van der Waals surface area contributed by atoms with Gasteiger partial charge in [-0.1, -0.05) is 24.3 Å². The molecule has 15 atom stereocenters. The molecule has 26 heteroatoms. The van der Waals surface area contributed by atoms with Crippen molar-refractivity contribution in [2.45, 2.75) is 112 Å². The van der Waals surface area contributed by atoms with Crippen LogP contribution in [0.15, 0.2) is 48.5 Å². The maximum Gasteiger partial charge on any atom is 0.258 e. The quantitative estimate of drug-likeness (QED) is 0.0390. The summed E-state index contributed by atoms with van der Waals surface area (Å²) in [6.07, 6.45) is -23.4. The number of rotatable bonds is 26. The van der Waals surface area contributed by atoms with Crippen LogP contribution in [0.1, 0.15) is 30.1 Å². The van der Waals surface area contributed by atoms with Crippen molar-refractivity contribution in [2.75, 3.05) is 72.4 Å². The van der Waals surface area contributed by atoms with Gasteiger partial charge in [0.05, 0.1) is 39.6 Å². The van der Waals surface area contributed by atoms with Crippen LogP contribution < -0.4 is 31.7 Å². The minimum absolute atomic E-state index is 0.0137. The van der Waals surface area contributed by atoms with Crippen molar-refractivity contribution < 1.29 is 103 Å². The zero-order valence-electron chi connectivity index (χ0n) is 39.0. The molecule has 3 heterocycles. The lowest BCUT2D eigenvalue weighted by molar-refractivity contribution is -0.376. The molecule has 0 bridgehead atoms. The summed E-state index contributed by atoms with van der Waals surface area (Å²) >= 11 is 0. The Bertz CT molecular complexity index is 1970. The molecular formula is C45H67N5O21. The van der Waals surface area contributed by atoms with Crippen LogP contribution in [0.3, 0.4) is 0 Å². The maximum atomic E-state index is 12.4. The largest absolute Gasteiger partial charge is 0.484 e. The zero-order valence-corrected chi connectivity index (χ0v) is 39.0. The first kappa shape index (κ1) is 57.3. The summed E-state index contributed by atoms with van der Waals surface area (Å²) in [5.41, 5.74) is 7.65. The molecule has 5 rings (SSSR count). The number of aliphatic hydroxyl groups excluding tert-OH is 9. The lowest BCUT2D eigenvalue weighted by Gasteiger charge is -2.48. The molecule has 3 fully saturated rings. The van der Waals surface area contributed by atoms with Crippen LogP contribution in [0.2, 0.25) is 0 Å². The minimum atomic E-state index is -1.97. The molecule has 0 radical (unpaired) electrons. The molecule has 0 unspecified atom stereocenters. The van der Waals surface area contributed by atoms with Crippen LogP contribution in [0.25, 0.3) is 11.1 Å². The topological polar surface area (TPSA) is 398 Å². The van der Waals surface area contributed by atoms with Crippen molar-refractivity contribution in [2.24, 2.45) is 5.73 Å². The lowest BCUT2D eigenvalue weighted by Crippen LogP contribution is -2.68. The number of nitrogens with one attached hydrogen (secondary N) is 4. The van der Waals surface area contributed by atoms with Crippen LogP contribution in [0, 0.1) is 0 Å². The van der Waals surface area contributed by atoms with Crippen LogP contribution in [-0.2, 0) is 47.5 Å². The lowest BCUT2D eigenvalue weighted by atomic mass is 9.95. The van der Waals surface area contributed by atoms with Gasteiger partial charge in [0.15, 0.2) is 25.5 Å². The van der Waals surface area contributed by atoms with E-state index in [4.69, 9.17) is 43.6 Å². The van der Waals surface area contributed by atoms with Crippen LogP contribution in [0.5, 0.6) is 5.75 Å². The summed E-state index contributed by atoms with van der Waals surface area (Å²) < 4.78 is 45.1. The molecule has 3 aliphatic rings. The predicted molar refractivity (Wildman–Crippen MR) is 241 cm³/mol. The summed E-state index contributed by atoms with van der Waals surface area (Å²) in [5.74, 6) is -1.08. The molecule has 0 aliphatic carbocycles. The van der Waals surface area contributed by atoms with E-state index in [9.17, 15) is 65.1 Å². The molecule has 3 saturated heterocycles. The van der Waals surface area contributed by atoms with Crippen molar-refractivity contribution in [3.05, 3.63) is 54.1 Å². The van der Waals surface area contributed by atoms with Crippen molar-refractivity contribution in [1.82, 2.24) is 21.3 Å². The molecule has 3 aliphatic heterocycles. The fourth-order valence-corrected chi connectivity index (χ4v) is 7.77. The maximum absolute atomic E-state index is 12.4. The SMILES string of the molecule is CC(=O)N[C@H]1[C@H](OCCCNC(=O)CCOCCNC(=O)COc2ccc(-c3cccc(C(=O)NCCN)c3)cc2)O[C@H](CO)[C@@H](O[C@@H]2O[C@H](CO)[C@H](O)[C@H](O[C@H]3O[C@H](CO)[C@H](O)[C@H](O)[C@H]3O)[C@H]2O)[C@@H]1O. The summed E-state index contributed by atoms with van der Waals surface area (Å²) in [6.45, 7) is -0.356. The van der Waals surface area contributed by atoms with Gasteiger partial charge in [0.2, 0.25) is 11.8 Å². The van der Waals surface area contributed by atoms with Crippen molar-refractivity contribution in [3.63, 3.8) is 0 Å². The first-order valence-corrected chi connectivity index (χ1v) is 23.1. The number of ether oxygens (including phenoxy) is 8. The molecule has 15 N–H and O–H groups in total. The molecule has 0 spiro atoms. The highest BCUT2D eigenvalue weighted by atomic mass is 16.8. The number of aliphatic hydroxyl groups is 9. The van der Waals surface area contributed by atoms with Gasteiger partial charge in [-0.25, -0.2) is 0 Å². The normalized spacial score (nSPS) is 30.8. The van der Waals surface area contributed by atoms with E-state index in [1.807, 2.05) is 18.2 Å². The van der Waals surface area contributed by atoms with Crippen molar-refractivity contribution >= 4 is 23.6 Å². The Morgan fingerprint density at radius 3 is 1.96 bits per heavy atom. The monoisotopic (exact) mass is 1010 g/mol. The van der Waals surface area contributed by atoms with Gasteiger partial charge in [-0.3, -0.25) is 19.2 Å². The van der Waals surface area contributed by atoms with Gasteiger partial charge < -0.3 is 111 Å². The smallest absolute Gasteiger partial charge is 0.258 e. The summed E-state index contributed by atoms with van der Waals surface area (Å²) in [7, 11) is 0. The molecule has 2 aromatic rings. The number of nitrogens with two attached hydrogens (primary N) is 1. The first-order chi connectivity index (χ1) is 34.1. The van der Waals surface area contributed by atoms with Gasteiger partial charge >= 0.3 is 0 Å². The average molecular weight is 1010 g/mol. The van der Waals surface area contributed by atoms with Crippen molar-refractivity contribution in [3.8, 4) is 16.9 Å². The second kappa shape index (κ2) is 28.6. The average Bonchev–Trinajstić information content (AvgIpc) is 3.37. The second-order valence-corrected chi connectivity index (χ2v) is 16.8. The Balaban J connectivity index is 0.990. The first-order valence-electron chi connectivity index (χ1n) is 23.1. The third kappa shape index (κ3) is 16.2.